The highest BCUT2D eigenvalue weighted by Gasteiger charge is 2.24. The molecule has 1 aliphatic heterocycles. The minimum absolute atomic E-state index is 0.449. The summed E-state index contributed by atoms with van der Waals surface area (Å²) in [5.41, 5.74) is 0. The van der Waals surface area contributed by atoms with Crippen LogP contribution in [-0.4, -0.2) is 35.5 Å². The van der Waals surface area contributed by atoms with Gasteiger partial charge in [-0.1, -0.05) is 6.82 Å². The molecule has 1 unspecified atom stereocenters. The van der Waals surface area contributed by atoms with Crippen molar-refractivity contribution in [3.05, 3.63) is 11.8 Å². The van der Waals surface area contributed by atoms with Gasteiger partial charge in [-0.15, -0.1) is 10.2 Å². The molecule has 14 heavy (non-hydrogen) atoms. The molecule has 5 heteroatoms. The molecule has 1 aliphatic rings. The largest absolute Gasteiger partial charge is 0.425 e. The second-order valence-corrected chi connectivity index (χ2v) is 3.89. The lowest BCUT2D eigenvalue weighted by molar-refractivity contribution is 0.288. The van der Waals surface area contributed by atoms with Crippen LogP contribution in [-0.2, 0) is 0 Å². The Bertz CT molecular complexity index is 302. The van der Waals surface area contributed by atoms with Crippen LogP contribution in [0, 0.1) is 6.92 Å². The van der Waals surface area contributed by atoms with Crippen LogP contribution in [0.4, 0.5) is 0 Å². The van der Waals surface area contributed by atoms with Crippen molar-refractivity contribution in [1.29, 1.82) is 0 Å². The highest BCUT2D eigenvalue weighted by atomic mass is 16.4. The number of aromatic nitrogens is 2. The van der Waals surface area contributed by atoms with Crippen LogP contribution < -0.4 is 0 Å². The van der Waals surface area contributed by atoms with Gasteiger partial charge in [-0.2, -0.15) is 0 Å². The van der Waals surface area contributed by atoms with Crippen molar-refractivity contribution in [3.63, 3.8) is 0 Å². The van der Waals surface area contributed by atoms with Crippen molar-refractivity contribution in [2.45, 2.75) is 32.5 Å². The van der Waals surface area contributed by atoms with Crippen molar-refractivity contribution in [1.82, 2.24) is 15.0 Å². The number of nitrogens with zero attached hydrogens (tertiary/aromatic N) is 3. The van der Waals surface area contributed by atoms with E-state index in [1.54, 1.807) is 0 Å². The van der Waals surface area contributed by atoms with E-state index in [9.17, 15) is 0 Å². The zero-order valence-electron chi connectivity index (χ0n) is 8.86. The topological polar surface area (TPSA) is 42.2 Å². The third-order valence-electron chi connectivity index (χ3n) is 2.84. The lowest BCUT2D eigenvalue weighted by atomic mass is 9.88. The third kappa shape index (κ3) is 1.98. The van der Waals surface area contributed by atoms with Gasteiger partial charge in [0, 0.05) is 12.8 Å². The molecule has 1 atom stereocenters. The van der Waals surface area contributed by atoms with E-state index >= 15 is 0 Å². The van der Waals surface area contributed by atoms with Crippen molar-refractivity contribution in [2.75, 3.05) is 13.1 Å². The maximum atomic E-state index is 5.47. The fraction of sp³-hybridized carbons (Fsp3) is 0.778. The molecule has 0 aliphatic carbocycles. The van der Waals surface area contributed by atoms with Crippen molar-refractivity contribution >= 4 is 7.41 Å². The zero-order valence-corrected chi connectivity index (χ0v) is 8.86. The highest BCUT2D eigenvalue weighted by molar-refractivity contribution is 6.29. The van der Waals surface area contributed by atoms with Crippen molar-refractivity contribution < 1.29 is 4.42 Å². The van der Waals surface area contributed by atoms with Gasteiger partial charge in [-0.3, -0.25) is 0 Å². The van der Waals surface area contributed by atoms with Gasteiger partial charge in [-0.25, -0.2) is 0 Å². The van der Waals surface area contributed by atoms with E-state index in [1.165, 1.54) is 19.4 Å². The fourth-order valence-corrected chi connectivity index (χ4v) is 2.02. The first kappa shape index (κ1) is 9.71. The first-order chi connectivity index (χ1) is 6.79. The van der Waals surface area contributed by atoms with E-state index < -0.39 is 0 Å². The third-order valence-corrected chi connectivity index (χ3v) is 2.84. The van der Waals surface area contributed by atoms with Crippen LogP contribution in [0.3, 0.4) is 0 Å². The summed E-state index contributed by atoms with van der Waals surface area (Å²) in [6.07, 6.45) is 2.41. The molecular formula is C9H16BN3O. The predicted octanol–water partition coefficient (Wildman–Crippen LogP) is 0.957. The minimum Gasteiger partial charge on any atom is -0.425 e. The summed E-state index contributed by atoms with van der Waals surface area (Å²) in [5, 5.41) is 7.97. The van der Waals surface area contributed by atoms with Gasteiger partial charge < -0.3 is 9.23 Å². The molecule has 0 saturated carbocycles. The molecule has 1 saturated heterocycles. The monoisotopic (exact) mass is 193 g/mol. The molecule has 1 aromatic heterocycles. The van der Waals surface area contributed by atoms with E-state index in [1.807, 2.05) is 6.92 Å². The number of aryl methyl sites for hydroxylation is 1. The lowest BCUT2D eigenvalue weighted by Crippen LogP contribution is -2.35. The number of rotatable bonds is 2. The zero-order chi connectivity index (χ0) is 9.97. The first-order valence-electron chi connectivity index (χ1n) is 5.32. The van der Waals surface area contributed by atoms with E-state index in [0.29, 0.717) is 11.8 Å². The fourth-order valence-electron chi connectivity index (χ4n) is 2.02. The summed E-state index contributed by atoms with van der Waals surface area (Å²) in [5.74, 6) is 1.94. The molecule has 0 radical (unpaired) electrons. The molecule has 1 fully saturated rings. The van der Waals surface area contributed by atoms with Gasteiger partial charge in [0.15, 0.2) is 0 Å². The Balaban J connectivity index is 2.04. The molecule has 0 spiro atoms. The van der Waals surface area contributed by atoms with Gasteiger partial charge in [0.1, 0.15) is 0 Å². The normalized spacial score (nSPS) is 23.7. The minimum atomic E-state index is 0.449. The second kappa shape index (κ2) is 4.13. The van der Waals surface area contributed by atoms with Crippen LogP contribution in [0.5, 0.6) is 0 Å². The van der Waals surface area contributed by atoms with Crippen LogP contribution in [0.2, 0.25) is 6.82 Å². The molecule has 1 aromatic rings. The maximum Gasteiger partial charge on any atom is 0.220 e. The molecule has 0 amide bonds. The van der Waals surface area contributed by atoms with E-state index in [-0.39, 0.29) is 0 Å². The van der Waals surface area contributed by atoms with Crippen LogP contribution in [0.15, 0.2) is 4.42 Å². The Kier molecular flexibility index (Phi) is 2.86. The average molecular weight is 193 g/mol. The molecule has 0 bridgehead atoms. The Morgan fingerprint density at radius 3 is 3.00 bits per heavy atom. The molecule has 2 heterocycles. The van der Waals surface area contributed by atoms with E-state index in [4.69, 9.17) is 4.42 Å². The summed E-state index contributed by atoms with van der Waals surface area (Å²) >= 11 is 0. The van der Waals surface area contributed by atoms with Crippen LogP contribution >= 0.6 is 0 Å². The lowest BCUT2D eigenvalue weighted by Gasteiger charge is -2.29. The standard InChI is InChI=1S/C9H16BN3O/c1-7-11-12-9(14-7)8-4-3-5-13(6-8)10-2/h8,10H,3-6H2,1-2H3. The Morgan fingerprint density at radius 1 is 1.50 bits per heavy atom. The number of piperidine rings is 1. The Morgan fingerprint density at radius 2 is 2.36 bits per heavy atom. The summed E-state index contributed by atoms with van der Waals surface area (Å²) in [6.45, 7) is 6.32. The summed E-state index contributed by atoms with van der Waals surface area (Å²) in [6, 6.07) is 0. The van der Waals surface area contributed by atoms with Crippen LogP contribution in [0.1, 0.15) is 30.5 Å². The average Bonchev–Trinajstić information content (AvgIpc) is 2.65. The number of hydrogen-bond acceptors (Lipinski definition) is 4. The Hall–Kier alpha value is -0.835. The quantitative estimate of drug-likeness (QED) is 0.656. The van der Waals surface area contributed by atoms with Crippen LogP contribution in [0.25, 0.3) is 0 Å². The number of hydrogen-bond donors (Lipinski definition) is 0. The SMILES string of the molecule is CBN1CCCC(c2nnc(C)o2)C1. The summed E-state index contributed by atoms with van der Waals surface area (Å²) in [4.78, 5) is 2.44. The Labute approximate surface area is 85.0 Å². The van der Waals surface area contributed by atoms with E-state index in [2.05, 4.69) is 21.8 Å². The molecule has 4 nitrogen and oxygen atoms in total. The van der Waals surface area contributed by atoms with Gasteiger partial charge in [0.25, 0.3) is 0 Å². The highest BCUT2D eigenvalue weighted by Crippen LogP contribution is 2.25. The second-order valence-electron chi connectivity index (χ2n) is 3.89. The van der Waals surface area contributed by atoms with Crippen molar-refractivity contribution in [2.24, 2.45) is 0 Å². The molecule has 0 N–H and O–H groups in total. The predicted molar refractivity (Wildman–Crippen MR) is 55.6 cm³/mol. The van der Waals surface area contributed by atoms with Gasteiger partial charge in [0.2, 0.25) is 19.2 Å². The first-order valence-corrected chi connectivity index (χ1v) is 5.32. The van der Waals surface area contributed by atoms with Gasteiger partial charge in [-0.05, 0) is 25.9 Å². The summed E-state index contributed by atoms with van der Waals surface area (Å²) in [7, 11) is 1.11. The van der Waals surface area contributed by atoms with Crippen molar-refractivity contribution in [3.8, 4) is 0 Å². The smallest absolute Gasteiger partial charge is 0.220 e. The van der Waals surface area contributed by atoms with E-state index in [0.717, 1.165) is 19.8 Å². The van der Waals surface area contributed by atoms with Gasteiger partial charge in [0.05, 0.1) is 0 Å². The van der Waals surface area contributed by atoms with Gasteiger partial charge >= 0.3 is 0 Å². The maximum absolute atomic E-state index is 5.47. The molecule has 0 aromatic carbocycles. The molecular weight excluding hydrogens is 177 g/mol. The molecule has 76 valence electrons. The summed E-state index contributed by atoms with van der Waals surface area (Å²) < 4.78 is 5.47. The molecule has 2 rings (SSSR count).